The van der Waals surface area contributed by atoms with Gasteiger partial charge in [0, 0.05) is 31.9 Å². The number of rotatable bonds is 11. The molecule has 1 aromatic carbocycles. The minimum atomic E-state index is -0.300. The average Bonchev–Trinajstić information content (AvgIpc) is 3.02. The lowest BCUT2D eigenvalue weighted by Gasteiger charge is -2.33. The molecule has 2 atom stereocenters. The predicted molar refractivity (Wildman–Crippen MR) is 162 cm³/mol. The largest absolute Gasteiger partial charge is 0.490 e. The Morgan fingerprint density at radius 3 is 2.62 bits per heavy atom. The number of piperidine rings is 2. The van der Waals surface area contributed by atoms with Crippen LogP contribution in [-0.2, 0) is 9.53 Å². The minimum absolute atomic E-state index is 0.0132. The van der Waals surface area contributed by atoms with Gasteiger partial charge in [0.15, 0.2) is 17.3 Å². The number of esters is 1. The Labute approximate surface area is 246 Å². The van der Waals surface area contributed by atoms with Crippen LogP contribution < -0.4 is 24.6 Å². The molecule has 0 unspecified atom stereocenters. The molecule has 2 aliphatic heterocycles. The van der Waals surface area contributed by atoms with E-state index in [0.29, 0.717) is 31.5 Å². The van der Waals surface area contributed by atoms with E-state index >= 15 is 0 Å². The van der Waals surface area contributed by atoms with Crippen LogP contribution >= 0.6 is 0 Å². The number of carbonyl (C=O) groups is 1. The van der Waals surface area contributed by atoms with Crippen molar-refractivity contribution in [3.63, 3.8) is 0 Å². The highest BCUT2D eigenvalue weighted by molar-refractivity contribution is 5.81. The lowest BCUT2D eigenvalue weighted by molar-refractivity contribution is -0.137. The second-order valence-corrected chi connectivity index (χ2v) is 10.3. The Balaban J connectivity index is 1.21. The third kappa shape index (κ3) is 7.86. The first kappa shape index (κ1) is 29.1. The van der Waals surface area contributed by atoms with Crippen LogP contribution in [0.25, 0.3) is 0 Å². The number of nitrogens with zero attached hydrogens (tertiary/aromatic N) is 6. The number of hydrogen-bond acceptors (Lipinski definition) is 11. The average molecular weight is 574 g/mol. The Hall–Kier alpha value is -4.41. The molecule has 2 aliphatic rings. The molecule has 3 aromatic rings. The van der Waals surface area contributed by atoms with E-state index in [1.807, 2.05) is 43.3 Å². The molecule has 2 aromatic heterocycles. The van der Waals surface area contributed by atoms with Gasteiger partial charge in [0.25, 0.3) is 0 Å². The summed E-state index contributed by atoms with van der Waals surface area (Å²) in [6.07, 6.45) is 12.7. The van der Waals surface area contributed by atoms with Crippen LogP contribution in [0.4, 0.5) is 23.4 Å². The van der Waals surface area contributed by atoms with Gasteiger partial charge >= 0.3 is 5.97 Å². The zero-order chi connectivity index (χ0) is 29.1. The molecule has 2 fully saturated rings. The molecule has 0 aliphatic carbocycles. The molecular weight excluding hydrogens is 534 g/mol. The van der Waals surface area contributed by atoms with Gasteiger partial charge in [-0.15, -0.1) is 0 Å². The van der Waals surface area contributed by atoms with Gasteiger partial charge in [0.2, 0.25) is 5.95 Å². The zero-order valence-corrected chi connectivity index (χ0v) is 24.3. The second kappa shape index (κ2) is 14.5. The van der Waals surface area contributed by atoms with Crippen LogP contribution in [0, 0.1) is 5.92 Å². The highest BCUT2D eigenvalue weighted by Crippen LogP contribution is 2.30. The molecule has 0 spiro atoms. The molecule has 0 bridgehead atoms. The van der Waals surface area contributed by atoms with Gasteiger partial charge < -0.3 is 29.3 Å². The molecule has 4 heterocycles. The van der Waals surface area contributed by atoms with Crippen molar-refractivity contribution >= 4 is 29.4 Å². The number of para-hydroxylation sites is 2. The van der Waals surface area contributed by atoms with Crippen LogP contribution in [0.1, 0.15) is 39.5 Å². The molecule has 222 valence electrons. The van der Waals surface area contributed by atoms with Crippen molar-refractivity contribution in [1.29, 1.82) is 0 Å². The first-order valence-corrected chi connectivity index (χ1v) is 14.8. The molecule has 2 saturated heterocycles. The van der Waals surface area contributed by atoms with E-state index in [1.165, 1.54) is 6.08 Å². The monoisotopic (exact) mass is 573 g/mol. The number of nitrogens with one attached hydrogen (secondary N) is 1. The topological polar surface area (TPSA) is 115 Å². The Bertz CT molecular complexity index is 1350. The maximum absolute atomic E-state index is 11.7. The van der Waals surface area contributed by atoms with Crippen molar-refractivity contribution in [3.8, 4) is 11.5 Å². The van der Waals surface area contributed by atoms with Crippen molar-refractivity contribution < 1.29 is 19.0 Å². The number of anilines is 4. The van der Waals surface area contributed by atoms with Gasteiger partial charge in [-0.2, -0.15) is 4.98 Å². The SMILES string of the molecule is CCOC(=O)C=C[C@@H]1CCCN(c2ccnc(Nc3cncc(N4CCC[C@@H](Oc5ccccc5OCC)C4)n3)n2)C1. The van der Waals surface area contributed by atoms with Crippen molar-refractivity contribution in [3.05, 3.63) is 61.1 Å². The van der Waals surface area contributed by atoms with Crippen LogP contribution in [-0.4, -0.2) is 71.4 Å². The lowest BCUT2D eigenvalue weighted by atomic mass is 9.97. The standard InChI is InChI=1S/C31H39N7O4/c1-3-40-25-11-5-6-12-26(25)42-24-10-8-18-38(22-24)29-20-32-19-27(34-29)35-31-33-16-15-28(36-31)37-17-7-9-23(21-37)13-14-30(39)41-4-2/h5-6,11-16,19-20,23-24H,3-4,7-10,17-18,21-22H2,1-2H3,(H,33,34,35,36)/t23-,24+/m0/s1. The fourth-order valence-electron chi connectivity index (χ4n) is 5.29. The molecule has 5 rings (SSSR count). The summed E-state index contributed by atoms with van der Waals surface area (Å²) in [6, 6.07) is 9.70. The van der Waals surface area contributed by atoms with Crippen molar-refractivity contribution in [2.24, 2.45) is 5.92 Å². The molecule has 11 heteroatoms. The van der Waals surface area contributed by atoms with E-state index in [9.17, 15) is 4.79 Å². The molecular formula is C31H39N7O4. The summed E-state index contributed by atoms with van der Waals surface area (Å²) in [6.45, 7) is 7.98. The summed E-state index contributed by atoms with van der Waals surface area (Å²) in [7, 11) is 0. The maximum atomic E-state index is 11.7. The Morgan fingerprint density at radius 2 is 1.79 bits per heavy atom. The van der Waals surface area contributed by atoms with Crippen LogP contribution in [0.3, 0.4) is 0 Å². The van der Waals surface area contributed by atoms with Gasteiger partial charge in [0.1, 0.15) is 17.7 Å². The van der Waals surface area contributed by atoms with E-state index in [0.717, 1.165) is 68.5 Å². The number of carbonyl (C=O) groups excluding carboxylic acids is 1. The third-order valence-electron chi connectivity index (χ3n) is 7.22. The van der Waals surface area contributed by atoms with Crippen LogP contribution in [0.15, 0.2) is 61.1 Å². The fourth-order valence-corrected chi connectivity index (χ4v) is 5.29. The van der Waals surface area contributed by atoms with Crippen LogP contribution in [0.5, 0.6) is 11.5 Å². The lowest BCUT2D eigenvalue weighted by Crippen LogP contribution is -2.41. The smallest absolute Gasteiger partial charge is 0.330 e. The number of aromatic nitrogens is 4. The number of hydrogen-bond donors (Lipinski definition) is 1. The quantitative estimate of drug-likeness (QED) is 0.252. The van der Waals surface area contributed by atoms with Gasteiger partial charge in [-0.3, -0.25) is 4.98 Å². The normalized spacial score (nSPS) is 19.0. The van der Waals surface area contributed by atoms with E-state index in [4.69, 9.17) is 24.2 Å². The summed E-state index contributed by atoms with van der Waals surface area (Å²) in [5.41, 5.74) is 0. The van der Waals surface area contributed by atoms with Crippen molar-refractivity contribution in [2.45, 2.75) is 45.6 Å². The maximum Gasteiger partial charge on any atom is 0.330 e. The van der Waals surface area contributed by atoms with Gasteiger partial charge in [-0.25, -0.2) is 14.8 Å². The summed E-state index contributed by atoms with van der Waals surface area (Å²) >= 11 is 0. The summed E-state index contributed by atoms with van der Waals surface area (Å²) in [5.74, 6) is 4.11. The highest BCUT2D eigenvalue weighted by Gasteiger charge is 2.24. The molecule has 0 saturated carbocycles. The highest BCUT2D eigenvalue weighted by atomic mass is 16.5. The van der Waals surface area contributed by atoms with E-state index in [2.05, 4.69) is 25.1 Å². The first-order chi connectivity index (χ1) is 20.6. The molecule has 1 N–H and O–H groups in total. The van der Waals surface area contributed by atoms with Crippen LogP contribution in [0.2, 0.25) is 0 Å². The fraction of sp³-hybridized carbons (Fsp3) is 0.452. The molecule has 0 amide bonds. The van der Waals surface area contributed by atoms with Gasteiger partial charge in [-0.05, 0) is 63.6 Å². The third-order valence-corrected chi connectivity index (χ3v) is 7.22. The number of ether oxygens (including phenoxy) is 3. The first-order valence-electron chi connectivity index (χ1n) is 14.8. The number of benzene rings is 1. The summed E-state index contributed by atoms with van der Waals surface area (Å²) < 4.78 is 17.1. The summed E-state index contributed by atoms with van der Waals surface area (Å²) in [5, 5.41) is 3.23. The van der Waals surface area contributed by atoms with Crippen molar-refractivity contribution in [1.82, 2.24) is 19.9 Å². The van der Waals surface area contributed by atoms with E-state index in [1.54, 1.807) is 25.5 Å². The predicted octanol–water partition coefficient (Wildman–Crippen LogP) is 4.79. The molecule has 0 radical (unpaired) electrons. The second-order valence-electron chi connectivity index (χ2n) is 10.3. The van der Waals surface area contributed by atoms with Gasteiger partial charge in [0.05, 0.1) is 32.2 Å². The van der Waals surface area contributed by atoms with E-state index in [-0.39, 0.29) is 18.0 Å². The van der Waals surface area contributed by atoms with Crippen molar-refractivity contribution in [2.75, 3.05) is 54.5 Å². The Kier molecular flexibility index (Phi) is 10.0. The molecule has 42 heavy (non-hydrogen) atoms. The minimum Gasteiger partial charge on any atom is -0.490 e. The molecule has 11 nitrogen and oxygen atoms in total. The summed E-state index contributed by atoms with van der Waals surface area (Å²) in [4.78, 5) is 34.6. The van der Waals surface area contributed by atoms with Gasteiger partial charge in [-0.1, -0.05) is 18.2 Å². The zero-order valence-electron chi connectivity index (χ0n) is 24.3. The van der Waals surface area contributed by atoms with E-state index < -0.39 is 0 Å². The Morgan fingerprint density at radius 1 is 0.976 bits per heavy atom.